The van der Waals surface area contributed by atoms with E-state index in [9.17, 15) is 0 Å². The molecule has 0 nitrogen and oxygen atoms in total. The van der Waals surface area contributed by atoms with Crippen LogP contribution in [0.5, 0.6) is 0 Å². The van der Waals surface area contributed by atoms with Crippen molar-refractivity contribution in [3.63, 3.8) is 0 Å². The second kappa shape index (κ2) is 2.87. The van der Waals surface area contributed by atoms with Gasteiger partial charge < -0.3 is 0 Å². The summed E-state index contributed by atoms with van der Waals surface area (Å²) < 4.78 is 0. The fourth-order valence-electron chi connectivity index (χ4n) is 1.33. The van der Waals surface area contributed by atoms with Gasteiger partial charge in [-0.25, -0.2) is 0 Å². The van der Waals surface area contributed by atoms with Crippen molar-refractivity contribution in [2.75, 3.05) is 0 Å². The molecule has 1 aliphatic rings. The van der Waals surface area contributed by atoms with Crippen LogP contribution in [0.25, 0.3) is 0 Å². The van der Waals surface area contributed by atoms with E-state index in [1.54, 1.807) is 0 Å². The lowest BCUT2D eigenvalue weighted by Gasteiger charge is -2.19. The first kappa shape index (κ1) is 7.33. The second-order valence-corrected chi connectivity index (χ2v) is 3.00. The van der Waals surface area contributed by atoms with Gasteiger partial charge in [-0.2, -0.15) is 0 Å². The van der Waals surface area contributed by atoms with Crippen molar-refractivity contribution >= 4 is 0 Å². The Hall–Kier alpha value is -0.780. The van der Waals surface area contributed by atoms with E-state index >= 15 is 0 Å². The lowest BCUT2D eigenvalue weighted by atomic mass is 9.85. The van der Waals surface area contributed by atoms with Gasteiger partial charge in [0.05, 0.1) is 0 Å². The van der Waals surface area contributed by atoms with Gasteiger partial charge in [-0.15, -0.1) is 0 Å². The van der Waals surface area contributed by atoms with Crippen molar-refractivity contribution < 1.29 is 0 Å². The molecule has 0 heterocycles. The summed E-state index contributed by atoms with van der Waals surface area (Å²) in [7, 11) is 0. The zero-order valence-electron chi connectivity index (χ0n) is 6.67. The molecule has 0 aromatic heterocycles. The summed E-state index contributed by atoms with van der Waals surface area (Å²) in [4.78, 5) is 0. The maximum atomic E-state index is 3.94. The van der Waals surface area contributed by atoms with Crippen LogP contribution in [0.4, 0.5) is 0 Å². The van der Waals surface area contributed by atoms with E-state index < -0.39 is 0 Å². The van der Waals surface area contributed by atoms with E-state index in [-0.39, 0.29) is 0 Å². The predicted octanol–water partition coefficient (Wildman–Crippen LogP) is 2.94. The first-order valence-corrected chi connectivity index (χ1v) is 3.72. The molecule has 0 fully saturated rings. The van der Waals surface area contributed by atoms with Crippen molar-refractivity contribution in [3.05, 3.63) is 36.5 Å². The molecule has 0 heteroatoms. The van der Waals surface area contributed by atoms with Gasteiger partial charge in [0.25, 0.3) is 0 Å². The maximum Gasteiger partial charge on any atom is 0.00347 e. The lowest BCUT2D eigenvalue weighted by molar-refractivity contribution is 0.578. The van der Waals surface area contributed by atoms with Gasteiger partial charge in [-0.3, -0.25) is 0 Å². The van der Waals surface area contributed by atoms with E-state index in [1.807, 2.05) is 0 Å². The van der Waals surface area contributed by atoms with Crippen molar-refractivity contribution in [1.29, 1.82) is 0 Å². The fourth-order valence-corrected chi connectivity index (χ4v) is 1.33. The molecule has 2 atom stereocenters. The molecule has 0 amide bonds. The second-order valence-electron chi connectivity index (χ2n) is 3.00. The van der Waals surface area contributed by atoms with E-state index in [0.717, 1.165) is 0 Å². The number of hydrogen-bond donors (Lipinski definition) is 0. The summed E-state index contributed by atoms with van der Waals surface area (Å²) >= 11 is 0. The molecule has 0 aromatic carbocycles. The molecule has 0 N–H and O–H groups in total. The largest absolute Gasteiger partial charge is 0.0995 e. The van der Waals surface area contributed by atoms with Gasteiger partial charge >= 0.3 is 0 Å². The molecule has 0 spiro atoms. The third-order valence-electron chi connectivity index (χ3n) is 1.98. The zero-order valence-corrected chi connectivity index (χ0v) is 6.67. The Morgan fingerprint density at radius 3 is 2.30 bits per heavy atom. The van der Waals surface area contributed by atoms with Crippen molar-refractivity contribution in [3.8, 4) is 0 Å². The van der Waals surface area contributed by atoms with E-state index in [4.69, 9.17) is 0 Å². The molecular formula is C10H14. The van der Waals surface area contributed by atoms with Crippen LogP contribution in [0.3, 0.4) is 0 Å². The molecule has 2 unspecified atom stereocenters. The fraction of sp³-hybridized carbons (Fsp3) is 0.400. The monoisotopic (exact) mass is 134 g/mol. The SMILES string of the molecule is C=C(C)C1C=CC=CC1C. The highest BCUT2D eigenvalue weighted by molar-refractivity contribution is 5.20. The molecule has 0 bridgehead atoms. The topological polar surface area (TPSA) is 0 Å². The van der Waals surface area contributed by atoms with E-state index in [2.05, 4.69) is 44.7 Å². The van der Waals surface area contributed by atoms with Gasteiger partial charge in [0, 0.05) is 5.92 Å². The Balaban J connectivity index is 2.70. The highest BCUT2D eigenvalue weighted by atomic mass is 14.2. The van der Waals surface area contributed by atoms with Crippen molar-refractivity contribution in [2.24, 2.45) is 11.8 Å². The summed E-state index contributed by atoms with van der Waals surface area (Å²) in [5.74, 6) is 1.19. The average Bonchev–Trinajstić information content (AvgIpc) is 1.88. The first-order chi connectivity index (χ1) is 4.72. The number of allylic oxidation sites excluding steroid dienone is 5. The minimum absolute atomic E-state index is 0.560. The van der Waals surface area contributed by atoms with Crippen LogP contribution in [0.15, 0.2) is 36.5 Å². The maximum absolute atomic E-state index is 3.94. The summed E-state index contributed by atoms with van der Waals surface area (Å²) in [6.45, 7) is 8.25. The average molecular weight is 134 g/mol. The van der Waals surface area contributed by atoms with Crippen LogP contribution in [0, 0.1) is 11.8 Å². The van der Waals surface area contributed by atoms with Crippen LogP contribution < -0.4 is 0 Å². The molecule has 0 aliphatic heterocycles. The van der Waals surface area contributed by atoms with E-state index in [0.29, 0.717) is 11.8 Å². The molecule has 1 rings (SSSR count). The molecule has 0 aromatic rings. The molecule has 0 saturated heterocycles. The van der Waals surface area contributed by atoms with Gasteiger partial charge in [0.1, 0.15) is 0 Å². The normalized spacial score (nSPS) is 30.6. The van der Waals surface area contributed by atoms with Crippen LogP contribution in [-0.4, -0.2) is 0 Å². The van der Waals surface area contributed by atoms with Crippen LogP contribution >= 0.6 is 0 Å². The zero-order chi connectivity index (χ0) is 7.56. The van der Waals surface area contributed by atoms with Crippen LogP contribution in [-0.2, 0) is 0 Å². The predicted molar refractivity (Wildman–Crippen MR) is 45.7 cm³/mol. The van der Waals surface area contributed by atoms with Gasteiger partial charge in [0.2, 0.25) is 0 Å². The third kappa shape index (κ3) is 1.38. The van der Waals surface area contributed by atoms with Crippen LogP contribution in [0.1, 0.15) is 13.8 Å². The summed E-state index contributed by atoms with van der Waals surface area (Å²) in [5.41, 5.74) is 1.26. The first-order valence-electron chi connectivity index (χ1n) is 3.72. The van der Waals surface area contributed by atoms with Gasteiger partial charge in [-0.1, -0.05) is 43.4 Å². The number of hydrogen-bond acceptors (Lipinski definition) is 0. The molecule has 54 valence electrons. The molecule has 10 heavy (non-hydrogen) atoms. The third-order valence-corrected chi connectivity index (χ3v) is 1.98. The Morgan fingerprint density at radius 2 is 1.90 bits per heavy atom. The minimum atomic E-state index is 0.560. The van der Waals surface area contributed by atoms with Gasteiger partial charge in [-0.05, 0) is 12.8 Å². The molecule has 0 saturated carbocycles. The quantitative estimate of drug-likeness (QED) is 0.484. The highest BCUT2D eigenvalue weighted by Gasteiger charge is 2.13. The van der Waals surface area contributed by atoms with Gasteiger partial charge in [0.15, 0.2) is 0 Å². The lowest BCUT2D eigenvalue weighted by Crippen LogP contribution is -2.09. The Morgan fingerprint density at radius 1 is 1.30 bits per heavy atom. The van der Waals surface area contributed by atoms with Crippen molar-refractivity contribution in [2.45, 2.75) is 13.8 Å². The van der Waals surface area contributed by atoms with E-state index in [1.165, 1.54) is 5.57 Å². The summed E-state index contributed by atoms with van der Waals surface area (Å²) in [6, 6.07) is 0. The molecule has 0 radical (unpaired) electrons. The Labute approximate surface area is 62.9 Å². The van der Waals surface area contributed by atoms with Crippen LogP contribution in [0.2, 0.25) is 0 Å². The molecular weight excluding hydrogens is 120 g/mol. The minimum Gasteiger partial charge on any atom is -0.0995 e. The Bertz CT molecular complexity index is 184. The van der Waals surface area contributed by atoms with Crippen molar-refractivity contribution in [1.82, 2.24) is 0 Å². The smallest absolute Gasteiger partial charge is 0.00347 e. The summed E-state index contributed by atoms with van der Waals surface area (Å²) in [6.07, 6.45) is 8.63. The summed E-state index contributed by atoms with van der Waals surface area (Å²) in [5, 5.41) is 0. The Kier molecular flexibility index (Phi) is 2.10. The number of rotatable bonds is 1. The highest BCUT2D eigenvalue weighted by Crippen LogP contribution is 2.24. The molecule has 1 aliphatic carbocycles. The standard InChI is InChI=1S/C10H14/c1-8(2)10-7-5-4-6-9(10)3/h4-7,9-10H,1H2,2-3H3.